The number of carbonyl (C=O) groups is 3. The second-order valence-corrected chi connectivity index (χ2v) is 9.36. The molecule has 0 radical (unpaired) electrons. The van der Waals surface area contributed by atoms with Crippen LogP contribution in [-0.2, 0) is 14.4 Å². The highest BCUT2D eigenvalue weighted by Gasteiger charge is 2.77. The molecule has 0 aromatic carbocycles. The molecule has 2 fully saturated rings. The second-order valence-electron chi connectivity index (χ2n) is 9.36. The monoisotopic (exact) mass is 432 g/mol. The molecule has 2 aliphatic rings. The molecule has 4 atom stereocenters. The topological polar surface area (TPSA) is 102 Å². The van der Waals surface area contributed by atoms with Crippen LogP contribution in [0.15, 0.2) is 0 Å². The van der Waals surface area contributed by atoms with Crippen LogP contribution < -0.4 is 10.6 Å². The van der Waals surface area contributed by atoms with Crippen molar-refractivity contribution in [3.05, 3.63) is 0 Å². The van der Waals surface area contributed by atoms with E-state index < -0.39 is 42.5 Å². The highest BCUT2D eigenvalue weighted by Crippen LogP contribution is 2.74. The van der Waals surface area contributed by atoms with Gasteiger partial charge in [-0.3, -0.25) is 14.4 Å². The highest BCUT2D eigenvalue weighted by molar-refractivity contribution is 5.93. The van der Waals surface area contributed by atoms with Gasteiger partial charge in [0.15, 0.2) is 0 Å². The number of amides is 3. The number of fused-ring (bicyclic) bond motifs is 1. The molecule has 10 heteroatoms. The summed E-state index contributed by atoms with van der Waals surface area (Å²) in [4.78, 5) is 37.0. The first-order valence-corrected chi connectivity index (χ1v) is 9.85. The Morgan fingerprint density at radius 2 is 1.67 bits per heavy atom. The van der Waals surface area contributed by atoms with E-state index in [9.17, 15) is 27.6 Å². The van der Waals surface area contributed by atoms with Gasteiger partial charge in [0.1, 0.15) is 12.1 Å². The lowest BCUT2D eigenvalue weighted by Crippen LogP contribution is -2.54. The zero-order chi connectivity index (χ0) is 23.7. The third-order valence-corrected chi connectivity index (χ3v) is 5.80. The van der Waals surface area contributed by atoms with E-state index in [0.29, 0.717) is 0 Å². The van der Waals surface area contributed by atoms with Gasteiger partial charge in [0, 0.05) is 12.5 Å². The van der Waals surface area contributed by atoms with Crippen LogP contribution in [0, 0.1) is 34.0 Å². The molecule has 2 N–H and O–H groups in total. The number of likely N-dealkylation sites (tertiary alicyclic amines) is 1. The summed E-state index contributed by atoms with van der Waals surface area (Å²) in [5, 5.41) is 12.9. The van der Waals surface area contributed by atoms with Crippen molar-refractivity contribution in [2.75, 3.05) is 13.1 Å². The van der Waals surface area contributed by atoms with Crippen LogP contribution in [0.1, 0.15) is 48.5 Å². The number of carbonyl (C=O) groups excluding carboxylic acids is 3. The minimum absolute atomic E-state index is 0.178. The average Bonchev–Trinajstić information content (AvgIpc) is 2.89. The number of hydrogen-bond acceptors (Lipinski definition) is 4. The van der Waals surface area contributed by atoms with Gasteiger partial charge < -0.3 is 15.5 Å². The number of nitrogens with zero attached hydrogens (tertiary/aromatic N) is 2. The van der Waals surface area contributed by atoms with E-state index in [1.165, 1.54) is 17.1 Å². The van der Waals surface area contributed by atoms with Crippen molar-refractivity contribution in [3.8, 4) is 6.07 Å². The van der Waals surface area contributed by atoms with Crippen LogP contribution in [0.2, 0.25) is 0 Å². The first-order valence-electron chi connectivity index (χ1n) is 9.85. The smallest absolute Gasteiger partial charge is 0.339 e. The van der Waals surface area contributed by atoms with Gasteiger partial charge >= 0.3 is 12.1 Å². The van der Waals surface area contributed by atoms with Gasteiger partial charge in [0.2, 0.25) is 11.8 Å². The van der Waals surface area contributed by atoms with Crippen molar-refractivity contribution in [1.82, 2.24) is 15.5 Å². The molecule has 3 amide bonds. The molecule has 0 bridgehead atoms. The number of piperidine rings is 1. The molecule has 0 aromatic rings. The molecular weight excluding hydrogens is 401 g/mol. The van der Waals surface area contributed by atoms with Crippen LogP contribution in [0.5, 0.6) is 0 Å². The predicted octanol–water partition coefficient (Wildman–Crippen LogP) is 2.23. The molecule has 7 nitrogen and oxygen atoms in total. The van der Waals surface area contributed by atoms with E-state index >= 15 is 0 Å². The van der Waals surface area contributed by atoms with Gasteiger partial charge in [-0.2, -0.15) is 18.4 Å². The van der Waals surface area contributed by atoms with Gasteiger partial charge in [-0.1, -0.05) is 41.5 Å². The molecule has 1 saturated carbocycles. The van der Waals surface area contributed by atoms with Crippen molar-refractivity contribution in [2.45, 2.75) is 66.7 Å². The van der Waals surface area contributed by atoms with Crippen LogP contribution in [-0.4, -0.2) is 54.0 Å². The summed E-state index contributed by atoms with van der Waals surface area (Å²) in [6.45, 7) is 13.2. The Morgan fingerprint density at radius 1 is 1.17 bits per heavy atom. The number of nitrogens with one attached hydrogen (secondary N) is 2. The predicted molar refractivity (Wildman–Crippen MR) is 104 cm³/mol. The molecular formula is C20H31F3N4O3. The molecule has 1 aliphatic heterocycles. The summed E-state index contributed by atoms with van der Waals surface area (Å²) < 4.78 is 36.8. The van der Waals surface area contributed by atoms with Crippen molar-refractivity contribution in [1.29, 1.82) is 5.26 Å². The largest absolute Gasteiger partial charge is 0.471 e. The standard InChI is InChI=1S/C16H21F3N4O3.C4H10/c1-8(5-20)22-12(25)10-11-14(2,3)15(11,4)7-23(10)9(24)6-21-13(26)16(17,18)19;1-4(2)3/h8,10-11H,6-7H2,1-4H3,(H,21,26)(H,22,25);4H,1-3H3/t8?,10-,11?,15-;/m0./s1. The highest BCUT2D eigenvalue weighted by atomic mass is 19.4. The zero-order valence-corrected chi connectivity index (χ0v) is 18.5. The zero-order valence-electron chi connectivity index (χ0n) is 18.5. The molecule has 2 rings (SSSR count). The summed E-state index contributed by atoms with van der Waals surface area (Å²) in [5.74, 6) is -2.84. The van der Waals surface area contributed by atoms with Crippen LogP contribution in [0.25, 0.3) is 0 Å². The van der Waals surface area contributed by atoms with E-state index in [1.807, 2.05) is 26.8 Å². The van der Waals surface area contributed by atoms with E-state index in [0.717, 1.165) is 5.92 Å². The third-order valence-electron chi connectivity index (χ3n) is 5.80. The Kier molecular flexibility index (Phi) is 7.56. The summed E-state index contributed by atoms with van der Waals surface area (Å²) in [6, 6.07) is 0.208. The Balaban J connectivity index is 0.00000103. The maximum atomic E-state index is 12.6. The number of halogens is 3. The average molecular weight is 432 g/mol. The maximum Gasteiger partial charge on any atom is 0.471 e. The summed E-state index contributed by atoms with van der Waals surface area (Å²) in [6.07, 6.45) is -5.08. The fraction of sp³-hybridized carbons (Fsp3) is 0.800. The summed E-state index contributed by atoms with van der Waals surface area (Å²) in [7, 11) is 0. The minimum Gasteiger partial charge on any atom is -0.339 e. The van der Waals surface area contributed by atoms with Crippen molar-refractivity contribution >= 4 is 17.7 Å². The van der Waals surface area contributed by atoms with Gasteiger partial charge in [-0.15, -0.1) is 0 Å². The molecule has 0 spiro atoms. The maximum absolute atomic E-state index is 12.6. The molecule has 1 heterocycles. The van der Waals surface area contributed by atoms with E-state index in [-0.39, 0.29) is 23.3 Å². The van der Waals surface area contributed by atoms with Crippen LogP contribution in [0.4, 0.5) is 13.2 Å². The summed E-state index contributed by atoms with van der Waals surface area (Å²) >= 11 is 0. The van der Waals surface area contributed by atoms with Gasteiger partial charge in [-0.05, 0) is 23.7 Å². The Morgan fingerprint density at radius 3 is 2.10 bits per heavy atom. The first kappa shape index (κ1) is 25.7. The Hall–Kier alpha value is -2.31. The summed E-state index contributed by atoms with van der Waals surface area (Å²) in [5.41, 5.74) is -0.578. The molecule has 0 aromatic heterocycles. The van der Waals surface area contributed by atoms with E-state index in [2.05, 4.69) is 26.1 Å². The number of hydrogen-bond donors (Lipinski definition) is 2. The third kappa shape index (κ3) is 5.24. The van der Waals surface area contributed by atoms with Crippen molar-refractivity contribution in [2.24, 2.45) is 22.7 Å². The molecule has 170 valence electrons. The quantitative estimate of drug-likeness (QED) is 0.711. The number of alkyl halides is 3. The van der Waals surface area contributed by atoms with Gasteiger partial charge in [0.05, 0.1) is 12.6 Å². The fourth-order valence-corrected chi connectivity index (χ4v) is 4.02. The molecule has 2 unspecified atom stereocenters. The van der Waals surface area contributed by atoms with E-state index in [1.54, 1.807) is 0 Å². The normalized spacial score (nSPS) is 27.2. The van der Waals surface area contributed by atoms with Crippen LogP contribution in [0.3, 0.4) is 0 Å². The van der Waals surface area contributed by atoms with Gasteiger partial charge in [0.25, 0.3) is 0 Å². The lowest BCUT2D eigenvalue weighted by atomic mass is 9.96. The van der Waals surface area contributed by atoms with Crippen molar-refractivity contribution in [3.63, 3.8) is 0 Å². The second kappa shape index (κ2) is 8.82. The number of rotatable bonds is 4. The molecule has 30 heavy (non-hydrogen) atoms. The fourth-order valence-electron chi connectivity index (χ4n) is 4.02. The Bertz CT molecular complexity index is 727. The lowest BCUT2D eigenvalue weighted by Gasteiger charge is -2.31. The Labute approximate surface area is 175 Å². The number of nitriles is 1. The lowest BCUT2D eigenvalue weighted by molar-refractivity contribution is -0.174. The minimum atomic E-state index is -5.08. The van der Waals surface area contributed by atoms with E-state index in [4.69, 9.17) is 5.26 Å². The van der Waals surface area contributed by atoms with Crippen LogP contribution >= 0.6 is 0 Å². The van der Waals surface area contributed by atoms with Gasteiger partial charge in [-0.25, -0.2) is 0 Å². The molecule has 1 aliphatic carbocycles. The van der Waals surface area contributed by atoms with Crippen molar-refractivity contribution < 1.29 is 27.6 Å². The molecule has 1 saturated heterocycles. The SMILES string of the molecule is CC(C#N)NC(=O)[C@@H]1C2C(C)(C)[C@@]2(C)CN1C(=O)CNC(=O)C(F)(F)F.CC(C)C. The first-order chi connectivity index (χ1) is 13.5.